The van der Waals surface area contributed by atoms with Gasteiger partial charge in [-0.25, -0.2) is 9.31 Å². The summed E-state index contributed by atoms with van der Waals surface area (Å²) in [5.41, 5.74) is 4.30. The van der Waals surface area contributed by atoms with Crippen LogP contribution in [0.25, 0.3) is 5.52 Å². The van der Waals surface area contributed by atoms with E-state index in [-0.39, 0.29) is 17.7 Å². The first-order valence-electron chi connectivity index (χ1n) is 23.3. The van der Waals surface area contributed by atoms with Crippen LogP contribution in [-0.2, 0) is 35.2 Å². The molecule has 0 radical (unpaired) electrons. The van der Waals surface area contributed by atoms with Crippen molar-refractivity contribution < 1.29 is 28.8 Å². The van der Waals surface area contributed by atoms with Crippen LogP contribution in [0.3, 0.4) is 0 Å². The summed E-state index contributed by atoms with van der Waals surface area (Å²) in [6.07, 6.45) is 0.584. The molecule has 0 aliphatic carbocycles. The predicted molar refractivity (Wildman–Crippen MR) is 284 cm³/mol. The average molecular weight is 987 g/mol. The van der Waals surface area contributed by atoms with Crippen molar-refractivity contribution in [1.82, 2.24) is 14.5 Å². The van der Waals surface area contributed by atoms with Gasteiger partial charge in [0.05, 0.1) is 15.2 Å². The van der Waals surface area contributed by atoms with Gasteiger partial charge in [0.15, 0.2) is 6.10 Å². The molecule has 0 spiro atoms. The van der Waals surface area contributed by atoms with E-state index >= 15 is 9.59 Å². The maximum atomic E-state index is 16.4. The molecule has 1 saturated heterocycles. The van der Waals surface area contributed by atoms with Gasteiger partial charge in [-0.15, -0.1) is 11.8 Å². The zero-order valence-electron chi connectivity index (χ0n) is 39.0. The molecule has 0 N–H and O–H groups in total. The molecule has 72 heavy (non-hydrogen) atoms. The van der Waals surface area contributed by atoms with E-state index in [4.69, 9.17) is 14.6 Å². The number of nitrogens with zero attached hydrogens (tertiary/aromatic N) is 4. The summed E-state index contributed by atoms with van der Waals surface area (Å²) in [5, 5.41) is 17.9. The number of benzene rings is 7. The van der Waals surface area contributed by atoms with E-state index in [1.54, 1.807) is 27.7 Å². The second-order valence-electron chi connectivity index (χ2n) is 17.2. The van der Waals surface area contributed by atoms with Crippen molar-refractivity contribution in [2.24, 2.45) is 5.92 Å². The lowest BCUT2D eigenvalue weighted by Crippen LogP contribution is -2.67. The Balaban J connectivity index is 1.30. The summed E-state index contributed by atoms with van der Waals surface area (Å²) in [7, 11) is 0. The maximum Gasteiger partial charge on any atom is 0.356 e. The third-order valence-electron chi connectivity index (χ3n) is 12.9. The van der Waals surface area contributed by atoms with Gasteiger partial charge in [-0.3, -0.25) is 24.6 Å². The van der Waals surface area contributed by atoms with Gasteiger partial charge >= 0.3 is 11.9 Å². The van der Waals surface area contributed by atoms with Gasteiger partial charge in [0.1, 0.15) is 29.0 Å². The zero-order chi connectivity index (χ0) is 49.7. The van der Waals surface area contributed by atoms with Crippen LogP contribution in [0.2, 0.25) is 0 Å². The Kier molecular flexibility index (Phi) is 13.5. The van der Waals surface area contributed by atoms with Crippen LogP contribution in [0, 0.1) is 16.0 Å². The highest BCUT2D eigenvalue weighted by Gasteiger charge is 2.61. The summed E-state index contributed by atoms with van der Waals surface area (Å²) < 4.78 is 13.4. The molecule has 1 amide bonds. The van der Waals surface area contributed by atoms with Gasteiger partial charge in [-0.1, -0.05) is 188 Å². The highest BCUT2D eigenvalue weighted by atomic mass is 32.2. The number of ether oxygens (including phenoxy) is 2. The van der Waals surface area contributed by atoms with Crippen LogP contribution < -0.4 is 15.9 Å². The highest BCUT2D eigenvalue weighted by Crippen LogP contribution is 2.59. The van der Waals surface area contributed by atoms with E-state index in [0.29, 0.717) is 11.3 Å². The number of carbonyl (C=O) groups is 3. The number of non-ortho nitro benzene ring substituents is 1. The zero-order valence-corrected chi connectivity index (χ0v) is 40.7. The number of hydrogen-bond acceptors (Lipinski definition) is 9. The third kappa shape index (κ3) is 8.80. The Labute approximate surface area is 420 Å². The quantitative estimate of drug-likeness (QED) is 0.0232. The van der Waals surface area contributed by atoms with Crippen molar-refractivity contribution >= 4 is 69.0 Å². The standard InChI is InChI=1S/C59H47N4O7PS/c1-42(64)70-54(52-40-48-28-20-21-39-61(48)60-52)53-55(65)62(57(53)72-59(44-22-8-2-9-23-44,45-24-10-3-11-25-45)46-26-12-4-13-27-46)56(58(66)69-41-43-35-37-47(38-36-43)63(67)68)71(49-29-14-5-15-30-49,50-31-16-6-17-32-50)51-33-18-7-19-34-51/h2-40,53-54,57H,41H2,1H3. The molecule has 0 saturated carbocycles. The number of aromatic nitrogens is 2. The molecule has 13 heteroatoms. The minimum absolute atomic E-state index is 0.103. The molecule has 3 heterocycles. The molecular formula is C59H47N4O7PS. The first-order valence-corrected chi connectivity index (χ1v) is 26.0. The molecule has 2 aromatic heterocycles. The normalized spacial score (nSPS) is 15.0. The summed E-state index contributed by atoms with van der Waals surface area (Å²) in [6.45, 7) is -2.45. The Morgan fingerprint density at radius 2 is 1.12 bits per heavy atom. The number of hydrogen-bond donors (Lipinski definition) is 0. The number of pyridine rings is 1. The van der Waals surface area contributed by atoms with Gasteiger partial charge in [0.2, 0.25) is 5.91 Å². The van der Waals surface area contributed by atoms with Crippen molar-refractivity contribution in [3.63, 3.8) is 0 Å². The van der Waals surface area contributed by atoms with E-state index in [0.717, 1.165) is 38.1 Å². The summed E-state index contributed by atoms with van der Waals surface area (Å²) >= 11 is 1.49. The second kappa shape index (κ2) is 20.6. The van der Waals surface area contributed by atoms with Crippen LogP contribution >= 0.6 is 18.6 Å². The predicted octanol–water partition coefficient (Wildman–Crippen LogP) is 10.2. The lowest BCUT2D eigenvalue weighted by atomic mass is 9.84. The van der Waals surface area contributed by atoms with Gasteiger partial charge in [-0.05, 0) is 68.5 Å². The second-order valence-corrected chi connectivity index (χ2v) is 21.8. The van der Waals surface area contributed by atoms with Crippen LogP contribution in [0.4, 0.5) is 5.69 Å². The first-order chi connectivity index (χ1) is 35.2. The minimum Gasteiger partial charge on any atom is -0.456 e. The number of thioether (sulfide) groups is 1. The first kappa shape index (κ1) is 47.4. The number of β-lactam (4-membered cyclic amide) rings is 1. The number of rotatable bonds is 16. The molecule has 1 aliphatic rings. The molecular weight excluding hydrogens is 940 g/mol. The van der Waals surface area contributed by atoms with Gasteiger partial charge < -0.3 is 9.47 Å². The van der Waals surface area contributed by atoms with Crippen molar-refractivity contribution in [3.8, 4) is 0 Å². The molecule has 11 nitrogen and oxygen atoms in total. The van der Waals surface area contributed by atoms with Crippen molar-refractivity contribution in [2.45, 2.75) is 29.8 Å². The van der Waals surface area contributed by atoms with Crippen LogP contribution in [-0.4, -0.2) is 48.1 Å². The van der Waals surface area contributed by atoms with Crippen LogP contribution in [0.1, 0.15) is 41.0 Å². The number of fused-ring (bicyclic) bond motifs is 1. The number of esters is 2. The average Bonchev–Trinajstić information content (AvgIpc) is 3.87. The minimum atomic E-state index is -3.50. The smallest absolute Gasteiger partial charge is 0.356 e. The van der Waals surface area contributed by atoms with Crippen molar-refractivity contribution in [1.29, 1.82) is 0 Å². The molecule has 3 unspecified atom stereocenters. The summed E-state index contributed by atoms with van der Waals surface area (Å²) in [6, 6.07) is 72.7. The monoisotopic (exact) mass is 986 g/mol. The summed E-state index contributed by atoms with van der Waals surface area (Å²) in [5.74, 6) is -2.97. The molecule has 356 valence electrons. The fourth-order valence-corrected chi connectivity index (χ4v) is 16.1. The molecule has 3 atom stereocenters. The third-order valence-corrected chi connectivity index (χ3v) is 19.0. The van der Waals surface area contributed by atoms with Gasteiger partial charge in [0, 0.05) is 32.1 Å². The fraction of sp³-hybridized carbons (Fsp3) is 0.102. The van der Waals surface area contributed by atoms with Gasteiger partial charge in [0.25, 0.3) is 5.69 Å². The van der Waals surface area contributed by atoms with Crippen LogP contribution in [0.15, 0.2) is 237 Å². The molecule has 0 bridgehead atoms. The van der Waals surface area contributed by atoms with E-state index in [2.05, 4.69) is 36.4 Å². The molecule has 10 rings (SSSR count). The molecule has 1 fully saturated rings. The topological polar surface area (TPSA) is 133 Å². The lowest BCUT2D eigenvalue weighted by molar-refractivity contribution is -0.384. The molecule has 9 aromatic rings. The van der Waals surface area contributed by atoms with Crippen molar-refractivity contribution in [2.75, 3.05) is 0 Å². The Bertz CT molecular complexity index is 3200. The number of likely N-dealkylation sites (tertiary alicyclic amines) is 1. The van der Waals surface area contributed by atoms with E-state index in [1.165, 1.54) is 30.8 Å². The van der Waals surface area contributed by atoms with Crippen molar-refractivity contribution in [3.05, 3.63) is 275 Å². The molecule has 7 aromatic carbocycles. The number of nitro groups is 1. The number of nitro benzene ring substituents is 1. The highest BCUT2D eigenvalue weighted by molar-refractivity contribution is 8.01. The summed E-state index contributed by atoms with van der Waals surface area (Å²) in [4.78, 5) is 58.8. The fourth-order valence-electron chi connectivity index (χ4n) is 9.71. The number of amides is 1. The van der Waals surface area contributed by atoms with E-state index in [1.807, 2.05) is 170 Å². The maximum absolute atomic E-state index is 16.4. The molecule has 1 aliphatic heterocycles. The van der Waals surface area contributed by atoms with Crippen LogP contribution in [0.5, 0.6) is 0 Å². The lowest BCUT2D eigenvalue weighted by Gasteiger charge is -2.53. The SMILES string of the molecule is CC(=O)OC(c1cc2ccccn2n1)C1C(=O)N(C(C(=O)OCc2ccc([N+](=O)[O-])cc2)=P(c2ccccc2)(c2ccccc2)c2ccccc2)C1SC(c1ccccc1)(c1ccccc1)c1ccccc1. The number of carbonyl (C=O) groups excluding carboxylic acids is 3. The van der Waals surface area contributed by atoms with E-state index < -0.39 is 51.8 Å². The Morgan fingerprint density at radius 1 is 0.667 bits per heavy atom. The van der Waals surface area contributed by atoms with Gasteiger partial charge in [-0.2, -0.15) is 5.10 Å². The van der Waals surface area contributed by atoms with E-state index in [9.17, 15) is 14.9 Å². The Morgan fingerprint density at radius 3 is 1.57 bits per heavy atom. The Hall–Kier alpha value is -8.31. The largest absolute Gasteiger partial charge is 0.456 e.